The summed E-state index contributed by atoms with van der Waals surface area (Å²) in [6.45, 7) is 9.10. The SMILES string of the molecule is CCS(=O)(=O)CC(C)NCC(C)N1CCCC1. The first-order chi connectivity index (χ1) is 7.94. The summed E-state index contributed by atoms with van der Waals surface area (Å²) in [6, 6.07) is 0.550. The van der Waals surface area contributed by atoms with E-state index in [1.54, 1.807) is 6.92 Å². The van der Waals surface area contributed by atoms with E-state index in [0.717, 1.165) is 6.54 Å². The molecule has 0 aromatic rings. The Morgan fingerprint density at radius 3 is 2.35 bits per heavy atom. The molecular formula is C12H26N2O2S. The minimum Gasteiger partial charge on any atom is -0.312 e. The molecule has 1 aliphatic rings. The van der Waals surface area contributed by atoms with Crippen LogP contribution in [0.5, 0.6) is 0 Å². The van der Waals surface area contributed by atoms with Crippen LogP contribution in [0.15, 0.2) is 0 Å². The molecule has 2 atom stereocenters. The van der Waals surface area contributed by atoms with E-state index in [-0.39, 0.29) is 17.5 Å². The molecule has 0 aromatic heterocycles. The molecule has 0 amide bonds. The van der Waals surface area contributed by atoms with Gasteiger partial charge in [0.05, 0.1) is 5.75 Å². The van der Waals surface area contributed by atoms with Gasteiger partial charge in [0, 0.05) is 24.4 Å². The predicted molar refractivity (Wildman–Crippen MR) is 72.1 cm³/mol. The second-order valence-electron chi connectivity index (χ2n) is 5.10. The largest absolute Gasteiger partial charge is 0.312 e. The number of nitrogens with one attached hydrogen (secondary N) is 1. The van der Waals surface area contributed by atoms with Crippen LogP contribution in [-0.2, 0) is 9.84 Å². The molecule has 0 aliphatic carbocycles. The smallest absolute Gasteiger partial charge is 0.151 e. The van der Waals surface area contributed by atoms with Crippen LogP contribution in [0.2, 0.25) is 0 Å². The molecule has 5 heteroatoms. The third-order valence-corrected chi connectivity index (χ3v) is 5.36. The van der Waals surface area contributed by atoms with Crippen molar-refractivity contribution in [2.75, 3.05) is 31.1 Å². The molecule has 1 saturated heterocycles. The first kappa shape index (κ1) is 14.9. The van der Waals surface area contributed by atoms with Crippen LogP contribution in [-0.4, -0.2) is 56.5 Å². The summed E-state index contributed by atoms with van der Waals surface area (Å²) in [5.74, 6) is 0.483. The zero-order chi connectivity index (χ0) is 12.9. The Kier molecular flexibility index (Phi) is 5.89. The lowest BCUT2D eigenvalue weighted by Crippen LogP contribution is -2.43. The van der Waals surface area contributed by atoms with Crippen molar-refractivity contribution >= 4 is 9.84 Å². The van der Waals surface area contributed by atoms with Crippen LogP contribution in [0.4, 0.5) is 0 Å². The Balaban J connectivity index is 2.25. The third-order valence-electron chi connectivity index (χ3n) is 3.47. The number of sulfone groups is 1. The van der Waals surface area contributed by atoms with E-state index in [4.69, 9.17) is 0 Å². The number of hydrogen-bond acceptors (Lipinski definition) is 4. The van der Waals surface area contributed by atoms with Crippen molar-refractivity contribution in [1.29, 1.82) is 0 Å². The van der Waals surface area contributed by atoms with Gasteiger partial charge in [0.2, 0.25) is 0 Å². The maximum absolute atomic E-state index is 11.5. The normalized spacial score (nSPS) is 21.6. The molecule has 1 fully saturated rings. The van der Waals surface area contributed by atoms with Crippen molar-refractivity contribution in [2.45, 2.75) is 45.7 Å². The summed E-state index contributed by atoms with van der Waals surface area (Å²) in [5, 5.41) is 3.33. The van der Waals surface area contributed by atoms with Crippen LogP contribution < -0.4 is 5.32 Å². The highest BCUT2D eigenvalue weighted by atomic mass is 32.2. The maximum Gasteiger partial charge on any atom is 0.151 e. The van der Waals surface area contributed by atoms with Gasteiger partial charge in [-0.1, -0.05) is 6.92 Å². The van der Waals surface area contributed by atoms with E-state index in [0.29, 0.717) is 6.04 Å². The van der Waals surface area contributed by atoms with Crippen molar-refractivity contribution in [3.8, 4) is 0 Å². The standard InChI is InChI=1S/C12H26N2O2S/c1-4-17(15,16)10-11(2)13-9-12(3)14-7-5-6-8-14/h11-13H,4-10H2,1-3H3. The average Bonchev–Trinajstić information content (AvgIpc) is 2.78. The molecule has 2 unspecified atom stereocenters. The number of rotatable bonds is 7. The van der Waals surface area contributed by atoms with Crippen molar-refractivity contribution in [2.24, 2.45) is 0 Å². The van der Waals surface area contributed by atoms with Gasteiger partial charge >= 0.3 is 0 Å². The van der Waals surface area contributed by atoms with E-state index >= 15 is 0 Å². The molecule has 0 spiro atoms. The summed E-state index contributed by atoms with van der Waals surface area (Å²) >= 11 is 0. The Morgan fingerprint density at radius 1 is 1.24 bits per heavy atom. The fourth-order valence-electron chi connectivity index (χ4n) is 2.24. The molecule has 0 radical (unpaired) electrons. The van der Waals surface area contributed by atoms with Gasteiger partial charge in [-0.3, -0.25) is 4.90 Å². The van der Waals surface area contributed by atoms with Crippen molar-refractivity contribution in [3.05, 3.63) is 0 Å². The van der Waals surface area contributed by atoms with E-state index in [2.05, 4.69) is 17.1 Å². The van der Waals surface area contributed by atoms with E-state index < -0.39 is 9.84 Å². The summed E-state index contributed by atoms with van der Waals surface area (Å²) < 4.78 is 22.9. The third kappa shape index (κ3) is 5.36. The molecule has 4 nitrogen and oxygen atoms in total. The highest BCUT2D eigenvalue weighted by molar-refractivity contribution is 7.91. The van der Waals surface area contributed by atoms with E-state index in [1.165, 1.54) is 25.9 Å². The molecule has 1 heterocycles. The lowest BCUT2D eigenvalue weighted by Gasteiger charge is -2.25. The van der Waals surface area contributed by atoms with Crippen LogP contribution in [0.1, 0.15) is 33.6 Å². The van der Waals surface area contributed by atoms with Crippen molar-refractivity contribution in [1.82, 2.24) is 10.2 Å². The summed E-state index contributed by atoms with van der Waals surface area (Å²) in [5.41, 5.74) is 0. The van der Waals surface area contributed by atoms with Crippen LogP contribution in [0, 0.1) is 0 Å². The summed E-state index contributed by atoms with van der Waals surface area (Å²) in [7, 11) is -2.86. The maximum atomic E-state index is 11.5. The lowest BCUT2D eigenvalue weighted by molar-refractivity contribution is 0.248. The number of nitrogens with zero attached hydrogens (tertiary/aromatic N) is 1. The molecule has 1 rings (SSSR count). The van der Waals surface area contributed by atoms with Crippen LogP contribution in [0.3, 0.4) is 0 Å². The Morgan fingerprint density at radius 2 is 1.82 bits per heavy atom. The topological polar surface area (TPSA) is 49.4 Å². The lowest BCUT2D eigenvalue weighted by atomic mass is 10.2. The molecule has 0 saturated carbocycles. The van der Waals surface area contributed by atoms with Crippen molar-refractivity contribution < 1.29 is 8.42 Å². The Bertz CT molecular complexity index is 310. The van der Waals surface area contributed by atoms with Gasteiger partial charge in [0.25, 0.3) is 0 Å². The second-order valence-corrected chi connectivity index (χ2v) is 7.50. The monoisotopic (exact) mass is 262 g/mol. The first-order valence-electron chi connectivity index (χ1n) is 6.62. The quantitative estimate of drug-likeness (QED) is 0.740. The zero-order valence-corrected chi connectivity index (χ0v) is 12.1. The van der Waals surface area contributed by atoms with Gasteiger partial charge in [-0.15, -0.1) is 0 Å². The van der Waals surface area contributed by atoms with Crippen molar-refractivity contribution in [3.63, 3.8) is 0 Å². The highest BCUT2D eigenvalue weighted by Crippen LogP contribution is 2.10. The predicted octanol–water partition coefficient (Wildman–Crippen LogP) is 0.884. The van der Waals surface area contributed by atoms with Gasteiger partial charge in [0.15, 0.2) is 9.84 Å². The number of likely N-dealkylation sites (tertiary alicyclic amines) is 1. The molecule has 102 valence electrons. The zero-order valence-electron chi connectivity index (χ0n) is 11.3. The summed E-state index contributed by atoms with van der Waals surface area (Å²) in [6.07, 6.45) is 2.59. The van der Waals surface area contributed by atoms with Gasteiger partial charge < -0.3 is 5.32 Å². The van der Waals surface area contributed by atoms with Crippen LogP contribution in [0.25, 0.3) is 0 Å². The van der Waals surface area contributed by atoms with Gasteiger partial charge in [-0.2, -0.15) is 0 Å². The van der Waals surface area contributed by atoms with Gasteiger partial charge in [-0.05, 0) is 39.8 Å². The van der Waals surface area contributed by atoms with Gasteiger partial charge in [0.1, 0.15) is 0 Å². The molecule has 0 aromatic carbocycles. The van der Waals surface area contributed by atoms with E-state index in [9.17, 15) is 8.42 Å². The molecule has 17 heavy (non-hydrogen) atoms. The minimum absolute atomic E-state index is 0.0463. The van der Waals surface area contributed by atoms with E-state index in [1.807, 2.05) is 6.92 Å². The molecule has 0 bridgehead atoms. The molecular weight excluding hydrogens is 236 g/mol. The minimum atomic E-state index is -2.86. The van der Waals surface area contributed by atoms with Gasteiger partial charge in [-0.25, -0.2) is 8.42 Å². The Hall–Kier alpha value is -0.130. The average molecular weight is 262 g/mol. The second kappa shape index (κ2) is 6.71. The first-order valence-corrected chi connectivity index (χ1v) is 8.44. The Labute approximate surface area is 106 Å². The number of hydrogen-bond donors (Lipinski definition) is 1. The fourth-order valence-corrected chi connectivity index (χ4v) is 3.36. The highest BCUT2D eigenvalue weighted by Gasteiger charge is 2.19. The summed E-state index contributed by atoms with van der Waals surface area (Å²) in [4.78, 5) is 2.47. The molecule has 1 N–H and O–H groups in total. The fraction of sp³-hybridized carbons (Fsp3) is 1.00. The molecule has 1 aliphatic heterocycles. The van der Waals surface area contributed by atoms with Crippen LogP contribution >= 0.6 is 0 Å².